The third kappa shape index (κ3) is 1.98. The summed E-state index contributed by atoms with van der Waals surface area (Å²) in [7, 11) is 1.69. The first-order valence-electron chi connectivity index (χ1n) is 5.31. The lowest BCUT2D eigenvalue weighted by molar-refractivity contribution is -0.121. The number of amidine groups is 1. The molecule has 0 saturated heterocycles. The molecule has 2 rings (SSSR count). The second-order valence-corrected chi connectivity index (χ2v) is 4.00. The largest absolute Gasteiger partial charge is 0.298 e. The minimum atomic E-state index is -0.291. The highest BCUT2D eigenvalue weighted by atomic mass is 19.1. The third-order valence-electron chi connectivity index (χ3n) is 2.90. The van der Waals surface area contributed by atoms with Gasteiger partial charge in [0.05, 0.1) is 0 Å². The maximum atomic E-state index is 12.8. The Hall–Kier alpha value is -1.97. The van der Waals surface area contributed by atoms with Gasteiger partial charge in [-0.1, -0.05) is 12.1 Å². The monoisotopic (exact) mass is 232 g/mol. The van der Waals surface area contributed by atoms with E-state index in [2.05, 4.69) is 4.99 Å². The molecule has 1 aliphatic rings. The molecule has 1 aromatic carbocycles. The highest BCUT2D eigenvalue weighted by Crippen LogP contribution is 2.24. The van der Waals surface area contributed by atoms with Crippen molar-refractivity contribution in [2.45, 2.75) is 13.8 Å². The minimum absolute atomic E-state index is 0.121. The van der Waals surface area contributed by atoms with Gasteiger partial charge in [0, 0.05) is 7.05 Å². The molecule has 0 atom stereocenters. The number of likely N-dealkylation sites (N-methyl/N-ethyl adjacent to an activating group) is 1. The van der Waals surface area contributed by atoms with E-state index >= 15 is 0 Å². The summed E-state index contributed by atoms with van der Waals surface area (Å²) in [6.45, 7) is 3.60. The first-order chi connectivity index (χ1) is 8.00. The molecular formula is C13H13FN2O. The van der Waals surface area contributed by atoms with E-state index in [1.165, 1.54) is 17.0 Å². The zero-order valence-corrected chi connectivity index (χ0v) is 9.99. The number of carbonyl (C=O) groups is 1. The lowest BCUT2D eigenvalue weighted by Crippen LogP contribution is -2.25. The van der Waals surface area contributed by atoms with Gasteiger partial charge in [-0.25, -0.2) is 9.38 Å². The summed E-state index contributed by atoms with van der Waals surface area (Å²) in [6, 6.07) is 6.04. The lowest BCUT2D eigenvalue weighted by atomic mass is 10.1. The normalized spacial score (nSPS) is 18.5. The fourth-order valence-corrected chi connectivity index (χ4v) is 1.67. The fourth-order valence-electron chi connectivity index (χ4n) is 1.67. The van der Waals surface area contributed by atoms with Gasteiger partial charge in [-0.2, -0.15) is 0 Å². The molecule has 4 heteroatoms. The predicted molar refractivity (Wildman–Crippen MR) is 64.9 cm³/mol. The van der Waals surface area contributed by atoms with Crippen LogP contribution in [-0.4, -0.2) is 23.7 Å². The fraction of sp³-hybridized carbons (Fsp3) is 0.231. The molecule has 0 radical (unpaired) electrons. The van der Waals surface area contributed by atoms with Gasteiger partial charge in [-0.15, -0.1) is 0 Å². The summed E-state index contributed by atoms with van der Waals surface area (Å²) in [5, 5.41) is 0. The molecule has 3 nitrogen and oxygen atoms in total. The van der Waals surface area contributed by atoms with E-state index in [9.17, 15) is 9.18 Å². The summed E-state index contributed by atoms with van der Waals surface area (Å²) >= 11 is 0. The van der Waals surface area contributed by atoms with Crippen LogP contribution >= 0.6 is 0 Å². The van der Waals surface area contributed by atoms with Crippen LogP contribution in [0.15, 0.2) is 35.0 Å². The molecule has 1 aromatic rings. The Bertz CT molecular complexity index is 529. The van der Waals surface area contributed by atoms with Gasteiger partial charge in [-0.05, 0) is 37.1 Å². The number of rotatable bonds is 1. The van der Waals surface area contributed by atoms with Crippen LogP contribution in [-0.2, 0) is 4.79 Å². The van der Waals surface area contributed by atoms with E-state index in [4.69, 9.17) is 0 Å². The molecule has 1 heterocycles. The highest BCUT2D eigenvalue weighted by Gasteiger charge is 2.25. The number of nitrogens with zero attached hydrogens (tertiary/aromatic N) is 2. The Balaban J connectivity index is 2.46. The van der Waals surface area contributed by atoms with Crippen LogP contribution in [0.1, 0.15) is 19.4 Å². The molecule has 0 aliphatic carbocycles. The van der Waals surface area contributed by atoms with Crippen LogP contribution in [0.4, 0.5) is 4.39 Å². The van der Waals surface area contributed by atoms with Crippen LogP contribution in [0.2, 0.25) is 0 Å². The second-order valence-electron chi connectivity index (χ2n) is 4.00. The molecule has 88 valence electrons. The van der Waals surface area contributed by atoms with Gasteiger partial charge >= 0.3 is 0 Å². The molecule has 0 fully saturated rings. The van der Waals surface area contributed by atoms with Crippen LogP contribution < -0.4 is 0 Å². The highest BCUT2D eigenvalue weighted by molar-refractivity contribution is 6.14. The Morgan fingerprint density at radius 1 is 1.29 bits per heavy atom. The first-order valence-corrected chi connectivity index (χ1v) is 5.31. The van der Waals surface area contributed by atoms with E-state index in [-0.39, 0.29) is 11.7 Å². The van der Waals surface area contributed by atoms with Crippen LogP contribution in [0, 0.1) is 5.82 Å². The standard InChI is InChI=1S/C13H13FN2O/c1-8(10-4-6-11(14)7-5-10)12-13(17)16(3)9(2)15-12/h4-7H,1-3H3/b12-8-. The molecule has 0 bridgehead atoms. The number of carbonyl (C=O) groups excluding carboxylic acids is 1. The summed E-state index contributed by atoms with van der Waals surface area (Å²) in [4.78, 5) is 17.6. The van der Waals surface area contributed by atoms with Gasteiger partial charge in [0.15, 0.2) is 0 Å². The molecule has 0 saturated carbocycles. The van der Waals surface area contributed by atoms with Crippen molar-refractivity contribution < 1.29 is 9.18 Å². The first kappa shape index (κ1) is 11.5. The van der Waals surface area contributed by atoms with Crippen molar-refractivity contribution in [3.05, 3.63) is 41.3 Å². The Labute approximate surface area is 99.3 Å². The van der Waals surface area contributed by atoms with Crippen LogP contribution in [0.25, 0.3) is 5.57 Å². The summed E-state index contributed by atoms with van der Waals surface area (Å²) in [6.07, 6.45) is 0. The maximum Gasteiger partial charge on any atom is 0.277 e. The number of halogens is 1. The summed E-state index contributed by atoms with van der Waals surface area (Å²) < 4.78 is 12.8. The van der Waals surface area contributed by atoms with Gasteiger partial charge in [0.25, 0.3) is 5.91 Å². The smallest absolute Gasteiger partial charge is 0.277 e. The van der Waals surface area contributed by atoms with Crippen molar-refractivity contribution in [3.63, 3.8) is 0 Å². The van der Waals surface area contributed by atoms with Crippen molar-refractivity contribution in [2.24, 2.45) is 4.99 Å². The topological polar surface area (TPSA) is 32.7 Å². The lowest BCUT2D eigenvalue weighted by Gasteiger charge is -2.07. The third-order valence-corrected chi connectivity index (χ3v) is 2.90. The van der Waals surface area contributed by atoms with E-state index in [0.717, 1.165) is 11.1 Å². The average Bonchev–Trinajstić information content (AvgIpc) is 2.57. The molecule has 0 aromatic heterocycles. The molecular weight excluding hydrogens is 219 g/mol. The van der Waals surface area contributed by atoms with Crippen LogP contribution in [0.3, 0.4) is 0 Å². The maximum absolute atomic E-state index is 12.8. The molecule has 0 unspecified atom stereocenters. The number of hydrogen-bond acceptors (Lipinski definition) is 2. The van der Waals surface area contributed by atoms with E-state index in [0.29, 0.717) is 11.5 Å². The minimum Gasteiger partial charge on any atom is -0.298 e. The number of benzene rings is 1. The van der Waals surface area contributed by atoms with Crippen LogP contribution in [0.5, 0.6) is 0 Å². The number of allylic oxidation sites excluding steroid dienone is 1. The summed E-state index contributed by atoms with van der Waals surface area (Å²) in [5.74, 6) is 0.261. The van der Waals surface area contributed by atoms with Crippen molar-refractivity contribution >= 4 is 17.3 Å². The Morgan fingerprint density at radius 3 is 2.35 bits per heavy atom. The SMILES string of the molecule is CC1=N/C(=C(/C)c2ccc(F)cc2)C(=O)N1C. The molecule has 17 heavy (non-hydrogen) atoms. The van der Waals surface area contributed by atoms with Gasteiger partial charge < -0.3 is 0 Å². The zero-order valence-electron chi connectivity index (χ0n) is 9.99. The van der Waals surface area contributed by atoms with Gasteiger partial charge in [-0.3, -0.25) is 9.69 Å². The molecule has 0 spiro atoms. The van der Waals surface area contributed by atoms with Crippen molar-refractivity contribution in [1.29, 1.82) is 0 Å². The van der Waals surface area contributed by atoms with Gasteiger partial charge in [0.1, 0.15) is 17.3 Å². The molecule has 1 aliphatic heterocycles. The number of aliphatic imine (C=N–C) groups is 1. The Kier molecular flexibility index (Phi) is 2.79. The predicted octanol–water partition coefficient (Wildman–Crippen LogP) is 2.45. The van der Waals surface area contributed by atoms with E-state index < -0.39 is 0 Å². The molecule has 0 N–H and O–H groups in total. The second kappa shape index (κ2) is 4.13. The number of amides is 1. The van der Waals surface area contributed by atoms with Gasteiger partial charge in [0.2, 0.25) is 0 Å². The van der Waals surface area contributed by atoms with E-state index in [1.54, 1.807) is 26.1 Å². The number of hydrogen-bond donors (Lipinski definition) is 0. The van der Waals surface area contributed by atoms with Crippen molar-refractivity contribution in [1.82, 2.24) is 4.90 Å². The summed E-state index contributed by atoms with van der Waals surface area (Å²) in [5.41, 5.74) is 2.00. The average molecular weight is 232 g/mol. The van der Waals surface area contributed by atoms with Crippen molar-refractivity contribution in [2.75, 3.05) is 7.05 Å². The van der Waals surface area contributed by atoms with E-state index in [1.807, 2.05) is 6.92 Å². The van der Waals surface area contributed by atoms with Crippen molar-refractivity contribution in [3.8, 4) is 0 Å². The quantitative estimate of drug-likeness (QED) is 0.684. The molecule has 1 amide bonds. The zero-order chi connectivity index (χ0) is 12.6. The Morgan fingerprint density at radius 2 is 1.88 bits per heavy atom.